The van der Waals surface area contributed by atoms with Gasteiger partial charge in [0.15, 0.2) is 0 Å². The van der Waals surface area contributed by atoms with Crippen LogP contribution in [-0.2, 0) is 23.1 Å². The summed E-state index contributed by atoms with van der Waals surface area (Å²) in [6.45, 7) is 4.73. The molecule has 25 heavy (non-hydrogen) atoms. The fraction of sp³-hybridized carbons (Fsp3) is 0.500. The SMILES string of the molecule is CCc1ccc(C2CC(C)CCN2C(=O)C(=O)Nc2cnn(C)c2)o1. The molecule has 1 N–H and O–H groups in total. The Bertz CT molecular complexity index is 764. The first-order chi connectivity index (χ1) is 12.0. The second-order valence-corrected chi connectivity index (χ2v) is 6.66. The highest BCUT2D eigenvalue weighted by Crippen LogP contribution is 2.35. The van der Waals surface area contributed by atoms with Crippen molar-refractivity contribution < 1.29 is 14.0 Å². The van der Waals surface area contributed by atoms with Crippen LogP contribution in [0, 0.1) is 5.92 Å². The second-order valence-electron chi connectivity index (χ2n) is 6.66. The lowest BCUT2D eigenvalue weighted by Gasteiger charge is -2.36. The third kappa shape index (κ3) is 3.75. The number of piperidine rings is 1. The molecule has 7 heteroatoms. The van der Waals surface area contributed by atoms with E-state index in [0.29, 0.717) is 18.2 Å². The van der Waals surface area contributed by atoms with Crippen molar-refractivity contribution >= 4 is 17.5 Å². The predicted octanol–water partition coefficient (Wildman–Crippen LogP) is 2.51. The van der Waals surface area contributed by atoms with Gasteiger partial charge in [-0.1, -0.05) is 13.8 Å². The highest BCUT2D eigenvalue weighted by Gasteiger charge is 2.35. The lowest BCUT2D eigenvalue weighted by atomic mass is 9.91. The van der Waals surface area contributed by atoms with Crippen molar-refractivity contribution in [2.75, 3.05) is 11.9 Å². The van der Waals surface area contributed by atoms with Gasteiger partial charge in [0, 0.05) is 26.2 Å². The molecule has 0 bridgehead atoms. The summed E-state index contributed by atoms with van der Waals surface area (Å²) in [5.41, 5.74) is 0.508. The fourth-order valence-corrected chi connectivity index (χ4v) is 3.22. The maximum Gasteiger partial charge on any atom is 0.314 e. The quantitative estimate of drug-likeness (QED) is 0.868. The number of aromatic nitrogens is 2. The summed E-state index contributed by atoms with van der Waals surface area (Å²) in [6.07, 6.45) is 5.64. The number of rotatable bonds is 3. The van der Waals surface area contributed by atoms with E-state index in [1.165, 1.54) is 6.20 Å². The molecular formula is C18H24N4O3. The molecule has 2 unspecified atom stereocenters. The number of hydrogen-bond acceptors (Lipinski definition) is 4. The van der Waals surface area contributed by atoms with Crippen LogP contribution < -0.4 is 5.32 Å². The van der Waals surface area contributed by atoms with Gasteiger partial charge in [-0.3, -0.25) is 14.3 Å². The van der Waals surface area contributed by atoms with E-state index in [2.05, 4.69) is 17.3 Å². The highest BCUT2D eigenvalue weighted by atomic mass is 16.3. The molecule has 0 aliphatic carbocycles. The summed E-state index contributed by atoms with van der Waals surface area (Å²) >= 11 is 0. The number of carbonyl (C=O) groups is 2. The average Bonchev–Trinajstić information content (AvgIpc) is 3.23. The minimum Gasteiger partial charge on any atom is -0.464 e. The Morgan fingerprint density at radius 2 is 2.20 bits per heavy atom. The van der Waals surface area contributed by atoms with Crippen molar-refractivity contribution in [3.63, 3.8) is 0 Å². The zero-order valence-electron chi connectivity index (χ0n) is 14.9. The number of likely N-dealkylation sites (tertiary alicyclic amines) is 1. The molecule has 3 heterocycles. The Morgan fingerprint density at radius 1 is 1.40 bits per heavy atom. The third-order valence-corrected chi connectivity index (χ3v) is 4.64. The third-order valence-electron chi connectivity index (χ3n) is 4.64. The van der Waals surface area contributed by atoms with Gasteiger partial charge in [-0.25, -0.2) is 0 Å². The van der Waals surface area contributed by atoms with Crippen LogP contribution in [0.25, 0.3) is 0 Å². The number of amides is 2. The van der Waals surface area contributed by atoms with Gasteiger partial charge in [0.05, 0.1) is 17.9 Å². The fourth-order valence-electron chi connectivity index (χ4n) is 3.22. The van der Waals surface area contributed by atoms with E-state index in [-0.39, 0.29) is 6.04 Å². The Hall–Kier alpha value is -2.57. The molecule has 1 aliphatic heterocycles. The summed E-state index contributed by atoms with van der Waals surface area (Å²) in [7, 11) is 1.75. The zero-order valence-corrected chi connectivity index (χ0v) is 14.9. The maximum atomic E-state index is 12.7. The minimum absolute atomic E-state index is 0.198. The molecule has 2 aromatic rings. The van der Waals surface area contributed by atoms with Gasteiger partial charge in [0.1, 0.15) is 11.5 Å². The summed E-state index contributed by atoms with van der Waals surface area (Å²) in [5, 5.41) is 6.60. The molecule has 3 rings (SSSR count). The zero-order chi connectivity index (χ0) is 18.0. The van der Waals surface area contributed by atoms with Crippen molar-refractivity contribution in [1.82, 2.24) is 14.7 Å². The Kier molecular flexibility index (Phi) is 4.92. The van der Waals surface area contributed by atoms with Gasteiger partial charge in [-0.2, -0.15) is 5.10 Å². The van der Waals surface area contributed by atoms with Crippen LogP contribution in [0.1, 0.15) is 44.3 Å². The van der Waals surface area contributed by atoms with E-state index in [1.54, 1.807) is 22.8 Å². The van der Waals surface area contributed by atoms with Crippen molar-refractivity contribution in [3.8, 4) is 0 Å². The topological polar surface area (TPSA) is 80.4 Å². The van der Waals surface area contributed by atoms with Crippen LogP contribution in [0.2, 0.25) is 0 Å². The lowest BCUT2D eigenvalue weighted by Crippen LogP contribution is -2.45. The molecule has 0 spiro atoms. The van der Waals surface area contributed by atoms with Crippen LogP contribution >= 0.6 is 0 Å². The first-order valence-electron chi connectivity index (χ1n) is 8.67. The van der Waals surface area contributed by atoms with E-state index in [1.807, 2.05) is 19.1 Å². The van der Waals surface area contributed by atoms with Crippen molar-refractivity contribution in [3.05, 3.63) is 36.0 Å². The summed E-state index contributed by atoms with van der Waals surface area (Å²) in [5.74, 6) is 0.946. The highest BCUT2D eigenvalue weighted by molar-refractivity contribution is 6.39. The first-order valence-corrected chi connectivity index (χ1v) is 8.67. The largest absolute Gasteiger partial charge is 0.464 e. The molecule has 134 valence electrons. The Labute approximate surface area is 147 Å². The number of carbonyl (C=O) groups excluding carboxylic acids is 2. The van der Waals surface area contributed by atoms with Gasteiger partial charge in [-0.05, 0) is 30.9 Å². The number of nitrogens with one attached hydrogen (secondary N) is 1. The molecule has 1 aliphatic rings. The van der Waals surface area contributed by atoms with Crippen LogP contribution in [0.3, 0.4) is 0 Å². The number of furan rings is 1. The van der Waals surface area contributed by atoms with Crippen molar-refractivity contribution in [2.45, 2.75) is 39.2 Å². The minimum atomic E-state index is -0.644. The number of anilines is 1. The molecule has 2 amide bonds. The summed E-state index contributed by atoms with van der Waals surface area (Å²) < 4.78 is 7.43. The normalized spacial score (nSPS) is 20.5. The van der Waals surface area contributed by atoms with Crippen LogP contribution in [-0.4, -0.2) is 33.0 Å². The van der Waals surface area contributed by atoms with Crippen LogP contribution in [0.15, 0.2) is 28.9 Å². The second kappa shape index (κ2) is 7.13. The number of hydrogen-bond donors (Lipinski definition) is 1. The molecule has 2 aromatic heterocycles. The molecule has 7 nitrogen and oxygen atoms in total. The summed E-state index contributed by atoms with van der Waals surface area (Å²) in [4.78, 5) is 26.7. The Balaban J connectivity index is 1.76. The molecular weight excluding hydrogens is 320 g/mol. The van der Waals surface area contributed by atoms with Gasteiger partial charge >= 0.3 is 11.8 Å². The van der Waals surface area contributed by atoms with Gasteiger partial charge in [0.25, 0.3) is 0 Å². The van der Waals surface area contributed by atoms with Gasteiger partial charge < -0.3 is 14.6 Å². The van der Waals surface area contributed by atoms with Crippen molar-refractivity contribution in [2.24, 2.45) is 13.0 Å². The maximum absolute atomic E-state index is 12.7. The number of aryl methyl sites for hydroxylation is 2. The van der Waals surface area contributed by atoms with E-state index < -0.39 is 11.8 Å². The molecule has 1 fully saturated rings. The van der Waals surface area contributed by atoms with E-state index in [0.717, 1.165) is 30.8 Å². The van der Waals surface area contributed by atoms with Crippen LogP contribution in [0.4, 0.5) is 5.69 Å². The average molecular weight is 344 g/mol. The molecule has 0 saturated carbocycles. The standard InChI is InChI=1S/C18H24N4O3/c1-4-14-5-6-16(25-14)15-9-12(2)7-8-22(15)18(24)17(23)20-13-10-19-21(3)11-13/h5-6,10-12,15H,4,7-9H2,1-3H3,(H,20,23). The predicted molar refractivity (Wildman–Crippen MR) is 92.8 cm³/mol. The Morgan fingerprint density at radius 3 is 2.84 bits per heavy atom. The molecule has 0 radical (unpaired) electrons. The van der Waals surface area contributed by atoms with E-state index >= 15 is 0 Å². The molecule has 0 aromatic carbocycles. The molecule has 1 saturated heterocycles. The van der Waals surface area contributed by atoms with Crippen LogP contribution in [0.5, 0.6) is 0 Å². The smallest absolute Gasteiger partial charge is 0.314 e. The summed E-state index contributed by atoms with van der Waals surface area (Å²) in [6, 6.07) is 3.66. The van der Waals surface area contributed by atoms with E-state index in [4.69, 9.17) is 4.42 Å². The van der Waals surface area contributed by atoms with E-state index in [9.17, 15) is 9.59 Å². The lowest BCUT2D eigenvalue weighted by molar-refractivity contribution is -0.146. The van der Waals surface area contributed by atoms with Gasteiger partial charge in [0.2, 0.25) is 0 Å². The number of nitrogens with zero attached hydrogens (tertiary/aromatic N) is 3. The van der Waals surface area contributed by atoms with Crippen molar-refractivity contribution in [1.29, 1.82) is 0 Å². The monoisotopic (exact) mass is 344 g/mol. The first kappa shape index (κ1) is 17.3. The molecule has 2 atom stereocenters. The van der Waals surface area contributed by atoms with Gasteiger partial charge in [-0.15, -0.1) is 0 Å².